The van der Waals surface area contributed by atoms with Crippen LogP contribution in [0.3, 0.4) is 0 Å². The molecule has 3 rings (SSSR count). The van der Waals surface area contributed by atoms with Crippen LogP contribution in [0.4, 0.5) is 5.69 Å². The number of benzene rings is 2. The molecule has 0 aliphatic carbocycles. The first-order valence-corrected chi connectivity index (χ1v) is 9.93. The largest absolute Gasteiger partial charge is 0.508 e. The third-order valence-electron chi connectivity index (χ3n) is 5.67. The third kappa shape index (κ3) is 4.91. The lowest BCUT2D eigenvalue weighted by Crippen LogP contribution is -2.48. The smallest absolute Gasteiger partial charge is 0.238 e. The Labute approximate surface area is 168 Å². The van der Waals surface area contributed by atoms with Crippen LogP contribution in [0.15, 0.2) is 30.3 Å². The summed E-state index contributed by atoms with van der Waals surface area (Å²) in [6, 6.07) is 9.97. The van der Waals surface area contributed by atoms with Gasteiger partial charge >= 0.3 is 0 Å². The molecule has 1 aliphatic heterocycles. The predicted molar refractivity (Wildman–Crippen MR) is 114 cm³/mol. The number of piperazine rings is 1. The standard InChI is InChI=1S/C23H31N3O2/c1-16-6-5-7-17(2)23(16)24-22(28)15-26-10-8-25(9-11-26)14-20-12-18(3)19(4)13-21(20)27/h5-7,12-13,27H,8-11,14-15H2,1-4H3,(H,24,28). The van der Waals surface area contributed by atoms with Crippen LogP contribution >= 0.6 is 0 Å². The molecule has 0 atom stereocenters. The number of amides is 1. The molecule has 0 spiro atoms. The molecule has 0 unspecified atom stereocenters. The maximum absolute atomic E-state index is 12.5. The fourth-order valence-corrected chi connectivity index (χ4v) is 3.73. The maximum Gasteiger partial charge on any atom is 0.238 e. The number of carbonyl (C=O) groups excluding carboxylic acids is 1. The van der Waals surface area contributed by atoms with E-state index in [1.807, 2.05) is 45.0 Å². The molecule has 0 saturated carbocycles. The normalized spacial score (nSPS) is 15.6. The molecule has 1 fully saturated rings. The highest BCUT2D eigenvalue weighted by Gasteiger charge is 2.20. The zero-order valence-corrected chi connectivity index (χ0v) is 17.4. The number of phenols is 1. The number of aryl methyl sites for hydroxylation is 4. The fraction of sp³-hybridized carbons (Fsp3) is 0.435. The van der Waals surface area contributed by atoms with Crippen molar-refractivity contribution in [2.24, 2.45) is 0 Å². The molecular formula is C23H31N3O2. The van der Waals surface area contributed by atoms with Crippen molar-refractivity contribution in [3.63, 3.8) is 0 Å². The number of nitrogens with one attached hydrogen (secondary N) is 1. The van der Waals surface area contributed by atoms with Crippen molar-refractivity contribution in [1.82, 2.24) is 9.80 Å². The Morgan fingerprint density at radius 1 is 0.929 bits per heavy atom. The first-order valence-electron chi connectivity index (χ1n) is 9.93. The lowest BCUT2D eigenvalue weighted by Gasteiger charge is -2.34. The Morgan fingerprint density at radius 2 is 1.50 bits per heavy atom. The lowest BCUT2D eigenvalue weighted by molar-refractivity contribution is -0.117. The maximum atomic E-state index is 12.5. The lowest BCUT2D eigenvalue weighted by atomic mass is 10.0. The number of aromatic hydroxyl groups is 1. The Morgan fingerprint density at radius 3 is 2.14 bits per heavy atom. The second-order valence-electron chi connectivity index (χ2n) is 7.93. The molecule has 1 saturated heterocycles. The molecule has 0 bridgehead atoms. The zero-order chi connectivity index (χ0) is 20.3. The minimum Gasteiger partial charge on any atom is -0.508 e. The van der Waals surface area contributed by atoms with Crippen LogP contribution < -0.4 is 5.32 Å². The van der Waals surface area contributed by atoms with Crippen molar-refractivity contribution in [3.05, 3.63) is 58.1 Å². The van der Waals surface area contributed by atoms with Crippen LogP contribution in [0.5, 0.6) is 5.75 Å². The second kappa shape index (κ2) is 8.76. The van der Waals surface area contributed by atoms with E-state index in [1.165, 1.54) is 5.56 Å². The first kappa shape index (κ1) is 20.4. The number of carbonyl (C=O) groups is 1. The Bertz CT molecular complexity index is 835. The van der Waals surface area contributed by atoms with Crippen molar-refractivity contribution in [2.75, 3.05) is 38.0 Å². The van der Waals surface area contributed by atoms with Gasteiger partial charge in [0.1, 0.15) is 5.75 Å². The van der Waals surface area contributed by atoms with E-state index in [0.29, 0.717) is 12.3 Å². The molecule has 0 aromatic heterocycles. The van der Waals surface area contributed by atoms with Gasteiger partial charge in [0, 0.05) is 44.0 Å². The topological polar surface area (TPSA) is 55.8 Å². The second-order valence-corrected chi connectivity index (χ2v) is 7.93. The van der Waals surface area contributed by atoms with Crippen LogP contribution in [-0.4, -0.2) is 53.5 Å². The third-order valence-corrected chi connectivity index (χ3v) is 5.67. The van der Waals surface area contributed by atoms with Gasteiger partial charge in [-0.15, -0.1) is 0 Å². The Hall–Kier alpha value is -2.37. The first-order chi connectivity index (χ1) is 13.3. The predicted octanol–water partition coefficient (Wildman–Crippen LogP) is 3.38. The number of para-hydroxylation sites is 1. The van der Waals surface area contributed by atoms with E-state index in [1.54, 1.807) is 0 Å². The summed E-state index contributed by atoms with van der Waals surface area (Å²) in [5.41, 5.74) is 6.40. The molecule has 5 heteroatoms. The van der Waals surface area contributed by atoms with Crippen molar-refractivity contribution in [2.45, 2.75) is 34.2 Å². The molecule has 2 aromatic carbocycles. The SMILES string of the molecule is Cc1cc(O)c(CN2CCN(CC(=O)Nc3c(C)cccc3C)CC2)cc1C. The van der Waals surface area contributed by atoms with E-state index in [0.717, 1.165) is 60.7 Å². The van der Waals surface area contributed by atoms with Crippen LogP contribution in [0.2, 0.25) is 0 Å². The highest BCUT2D eigenvalue weighted by atomic mass is 16.3. The number of anilines is 1. The minimum atomic E-state index is 0.0395. The number of hydrogen-bond acceptors (Lipinski definition) is 4. The van der Waals surface area contributed by atoms with Crippen molar-refractivity contribution >= 4 is 11.6 Å². The van der Waals surface area contributed by atoms with E-state index in [2.05, 4.69) is 28.1 Å². The average Bonchev–Trinajstić information content (AvgIpc) is 2.64. The van der Waals surface area contributed by atoms with Gasteiger partial charge in [0.15, 0.2) is 0 Å². The van der Waals surface area contributed by atoms with E-state index >= 15 is 0 Å². The minimum absolute atomic E-state index is 0.0395. The summed E-state index contributed by atoms with van der Waals surface area (Å²) < 4.78 is 0. The molecule has 2 aromatic rings. The van der Waals surface area contributed by atoms with E-state index in [4.69, 9.17) is 0 Å². The van der Waals surface area contributed by atoms with Gasteiger partial charge in [0.05, 0.1) is 6.54 Å². The summed E-state index contributed by atoms with van der Waals surface area (Å²) in [5, 5.41) is 13.3. The van der Waals surface area contributed by atoms with Gasteiger partial charge in [-0.3, -0.25) is 14.6 Å². The molecule has 150 valence electrons. The Balaban J connectivity index is 1.50. The number of rotatable bonds is 5. The van der Waals surface area contributed by atoms with Gasteiger partial charge in [-0.25, -0.2) is 0 Å². The molecule has 1 heterocycles. The van der Waals surface area contributed by atoms with Crippen molar-refractivity contribution in [3.8, 4) is 5.75 Å². The Kier molecular flexibility index (Phi) is 6.37. The summed E-state index contributed by atoms with van der Waals surface area (Å²) in [6.07, 6.45) is 0. The van der Waals surface area contributed by atoms with Crippen molar-refractivity contribution in [1.29, 1.82) is 0 Å². The molecule has 1 amide bonds. The summed E-state index contributed by atoms with van der Waals surface area (Å²) in [5.74, 6) is 0.413. The molecule has 5 nitrogen and oxygen atoms in total. The highest BCUT2D eigenvalue weighted by molar-refractivity contribution is 5.93. The highest BCUT2D eigenvalue weighted by Crippen LogP contribution is 2.24. The van der Waals surface area contributed by atoms with E-state index in [9.17, 15) is 9.90 Å². The average molecular weight is 382 g/mol. The summed E-state index contributed by atoms with van der Waals surface area (Å²) in [7, 11) is 0. The summed E-state index contributed by atoms with van der Waals surface area (Å²) in [4.78, 5) is 17.0. The van der Waals surface area contributed by atoms with Gasteiger partial charge in [-0.1, -0.05) is 24.3 Å². The van der Waals surface area contributed by atoms with Crippen LogP contribution in [0.1, 0.15) is 27.8 Å². The summed E-state index contributed by atoms with van der Waals surface area (Å²) in [6.45, 7) is 12.8. The van der Waals surface area contributed by atoms with Crippen LogP contribution in [0.25, 0.3) is 0 Å². The quantitative estimate of drug-likeness (QED) is 0.834. The summed E-state index contributed by atoms with van der Waals surface area (Å²) >= 11 is 0. The molecule has 2 N–H and O–H groups in total. The zero-order valence-electron chi connectivity index (χ0n) is 17.4. The molecule has 28 heavy (non-hydrogen) atoms. The van der Waals surface area contributed by atoms with Gasteiger partial charge in [0.2, 0.25) is 5.91 Å². The fourth-order valence-electron chi connectivity index (χ4n) is 3.73. The number of nitrogens with zero attached hydrogens (tertiary/aromatic N) is 2. The van der Waals surface area contributed by atoms with Gasteiger partial charge in [0.25, 0.3) is 0 Å². The van der Waals surface area contributed by atoms with Gasteiger partial charge in [-0.05, 0) is 56.0 Å². The van der Waals surface area contributed by atoms with Crippen LogP contribution in [-0.2, 0) is 11.3 Å². The van der Waals surface area contributed by atoms with Crippen molar-refractivity contribution < 1.29 is 9.90 Å². The number of phenolic OH excluding ortho intramolecular Hbond substituents is 1. The van der Waals surface area contributed by atoms with Crippen LogP contribution in [0, 0.1) is 27.7 Å². The number of hydrogen-bond donors (Lipinski definition) is 2. The van der Waals surface area contributed by atoms with E-state index in [-0.39, 0.29) is 5.91 Å². The molecule has 0 radical (unpaired) electrons. The molecular weight excluding hydrogens is 350 g/mol. The molecule has 1 aliphatic rings. The van der Waals surface area contributed by atoms with Gasteiger partial charge in [-0.2, -0.15) is 0 Å². The van der Waals surface area contributed by atoms with E-state index < -0.39 is 0 Å². The van der Waals surface area contributed by atoms with Gasteiger partial charge < -0.3 is 10.4 Å². The monoisotopic (exact) mass is 381 g/mol.